The molecule has 0 radical (unpaired) electrons. The molecule has 90 valence electrons. The molecule has 0 aromatic heterocycles. The summed E-state index contributed by atoms with van der Waals surface area (Å²) in [6.45, 7) is 6.91. The first-order chi connectivity index (χ1) is 7.53. The predicted octanol–water partition coefficient (Wildman–Crippen LogP) is 4.27. The van der Waals surface area contributed by atoms with Gasteiger partial charge in [-0.15, -0.1) is 0 Å². The molecule has 2 aliphatic rings. The Morgan fingerprint density at radius 3 is 2.62 bits per heavy atom. The average molecular weight is 220 g/mol. The van der Waals surface area contributed by atoms with Crippen LogP contribution < -0.4 is 0 Å². The number of aldehydes is 1. The first-order valence-corrected chi connectivity index (χ1v) is 6.71. The van der Waals surface area contributed by atoms with E-state index in [0.29, 0.717) is 5.41 Å². The highest BCUT2D eigenvalue weighted by Gasteiger charge is 2.39. The normalized spacial score (nSPS) is 33.4. The van der Waals surface area contributed by atoms with Crippen molar-refractivity contribution >= 4 is 6.29 Å². The fraction of sp³-hybridized carbons (Fsp3) is 0.800. The van der Waals surface area contributed by atoms with E-state index in [4.69, 9.17) is 0 Å². The van der Waals surface area contributed by atoms with Crippen LogP contribution in [0.1, 0.15) is 65.7 Å². The number of hydrogen-bond acceptors (Lipinski definition) is 1. The van der Waals surface area contributed by atoms with Gasteiger partial charge in [0, 0.05) is 5.41 Å². The molecule has 0 saturated carbocycles. The highest BCUT2D eigenvalue weighted by Crippen LogP contribution is 2.51. The monoisotopic (exact) mass is 220 g/mol. The van der Waals surface area contributed by atoms with E-state index in [1.165, 1.54) is 25.5 Å². The number of carbonyl (C=O) groups excluding carboxylic acids is 1. The molecule has 0 saturated heterocycles. The van der Waals surface area contributed by atoms with Crippen molar-refractivity contribution in [3.05, 3.63) is 11.1 Å². The zero-order valence-electron chi connectivity index (χ0n) is 10.9. The summed E-state index contributed by atoms with van der Waals surface area (Å²) in [5.41, 5.74) is 3.68. The van der Waals surface area contributed by atoms with Crippen LogP contribution in [0.25, 0.3) is 0 Å². The summed E-state index contributed by atoms with van der Waals surface area (Å²) in [6.07, 6.45) is 9.41. The molecule has 2 aliphatic carbocycles. The van der Waals surface area contributed by atoms with Gasteiger partial charge in [-0.25, -0.2) is 0 Å². The average Bonchev–Trinajstić information content (AvgIpc) is 2.28. The molecular formula is C15H24O. The Bertz CT molecular complexity index is 324. The second kappa shape index (κ2) is 4.01. The van der Waals surface area contributed by atoms with Gasteiger partial charge in [-0.05, 0) is 50.4 Å². The number of hydrogen-bond donors (Lipinski definition) is 0. The van der Waals surface area contributed by atoms with Gasteiger partial charge in [0.05, 0.1) is 0 Å². The molecule has 1 unspecified atom stereocenters. The lowest BCUT2D eigenvalue weighted by molar-refractivity contribution is -0.117. The number of allylic oxidation sites excluding steroid dienone is 2. The third kappa shape index (κ3) is 1.85. The summed E-state index contributed by atoms with van der Waals surface area (Å²) in [5.74, 6) is 0. The maximum absolute atomic E-state index is 11.3. The molecule has 0 bridgehead atoms. The minimum Gasteiger partial charge on any atom is -0.303 e. The van der Waals surface area contributed by atoms with Crippen LogP contribution in [0.5, 0.6) is 0 Å². The van der Waals surface area contributed by atoms with Crippen LogP contribution in [-0.4, -0.2) is 6.29 Å². The minimum atomic E-state index is -0.0216. The topological polar surface area (TPSA) is 17.1 Å². The first-order valence-electron chi connectivity index (χ1n) is 6.71. The summed E-state index contributed by atoms with van der Waals surface area (Å²) in [5, 5.41) is 0. The SMILES string of the molecule is CCC1(C=O)CCC2=C(CCCC2(C)C)C1. The van der Waals surface area contributed by atoms with Gasteiger partial charge < -0.3 is 4.79 Å². The van der Waals surface area contributed by atoms with Gasteiger partial charge in [0.1, 0.15) is 6.29 Å². The van der Waals surface area contributed by atoms with Crippen LogP contribution in [0, 0.1) is 10.8 Å². The first kappa shape index (κ1) is 11.9. The van der Waals surface area contributed by atoms with Crippen molar-refractivity contribution in [2.24, 2.45) is 10.8 Å². The zero-order chi connectivity index (χ0) is 11.8. The lowest BCUT2D eigenvalue weighted by Gasteiger charge is -2.43. The van der Waals surface area contributed by atoms with E-state index >= 15 is 0 Å². The molecule has 0 aromatic carbocycles. The van der Waals surface area contributed by atoms with Gasteiger partial charge in [0.15, 0.2) is 0 Å². The molecule has 0 N–H and O–H groups in total. The van der Waals surface area contributed by atoms with Crippen molar-refractivity contribution < 1.29 is 4.79 Å². The largest absolute Gasteiger partial charge is 0.303 e. The summed E-state index contributed by atoms with van der Waals surface area (Å²) >= 11 is 0. The standard InChI is InChI=1S/C15H24O/c1-4-15(11-16)9-7-13-12(10-15)6-5-8-14(13,2)3/h11H,4-10H2,1-3H3. The Hall–Kier alpha value is -0.590. The Morgan fingerprint density at radius 1 is 1.25 bits per heavy atom. The summed E-state index contributed by atoms with van der Waals surface area (Å²) in [4.78, 5) is 11.3. The molecule has 0 aliphatic heterocycles. The molecule has 0 spiro atoms. The van der Waals surface area contributed by atoms with Crippen LogP contribution in [0.4, 0.5) is 0 Å². The van der Waals surface area contributed by atoms with E-state index in [-0.39, 0.29) is 5.41 Å². The van der Waals surface area contributed by atoms with Gasteiger partial charge in [-0.1, -0.05) is 31.9 Å². The lowest BCUT2D eigenvalue weighted by atomic mass is 9.61. The van der Waals surface area contributed by atoms with Crippen LogP contribution >= 0.6 is 0 Å². The van der Waals surface area contributed by atoms with E-state index in [1.807, 2.05) is 0 Å². The quantitative estimate of drug-likeness (QED) is 0.501. The highest BCUT2D eigenvalue weighted by atomic mass is 16.1. The third-order valence-electron chi connectivity index (χ3n) is 4.92. The maximum atomic E-state index is 11.3. The predicted molar refractivity (Wildman–Crippen MR) is 67.3 cm³/mol. The number of carbonyl (C=O) groups is 1. The van der Waals surface area contributed by atoms with Crippen molar-refractivity contribution in [3.63, 3.8) is 0 Å². The second-order valence-corrected chi connectivity index (χ2v) is 6.33. The fourth-order valence-electron chi connectivity index (χ4n) is 3.61. The second-order valence-electron chi connectivity index (χ2n) is 6.33. The molecule has 0 aromatic rings. The van der Waals surface area contributed by atoms with Crippen molar-refractivity contribution in [2.45, 2.75) is 65.7 Å². The molecule has 16 heavy (non-hydrogen) atoms. The lowest BCUT2D eigenvalue weighted by Crippen LogP contribution is -2.32. The Morgan fingerprint density at radius 2 is 2.00 bits per heavy atom. The number of rotatable bonds is 2. The van der Waals surface area contributed by atoms with Crippen molar-refractivity contribution in [3.8, 4) is 0 Å². The molecule has 1 atom stereocenters. The van der Waals surface area contributed by atoms with E-state index in [2.05, 4.69) is 20.8 Å². The molecule has 2 rings (SSSR count). The van der Waals surface area contributed by atoms with Crippen molar-refractivity contribution in [1.29, 1.82) is 0 Å². The van der Waals surface area contributed by atoms with E-state index in [9.17, 15) is 4.79 Å². The summed E-state index contributed by atoms with van der Waals surface area (Å²) < 4.78 is 0. The maximum Gasteiger partial charge on any atom is 0.126 e. The highest BCUT2D eigenvalue weighted by molar-refractivity contribution is 5.61. The fourth-order valence-corrected chi connectivity index (χ4v) is 3.61. The third-order valence-corrected chi connectivity index (χ3v) is 4.92. The summed E-state index contributed by atoms with van der Waals surface area (Å²) in [7, 11) is 0. The van der Waals surface area contributed by atoms with Gasteiger partial charge in [-0.3, -0.25) is 0 Å². The van der Waals surface area contributed by atoms with Gasteiger partial charge in [0.25, 0.3) is 0 Å². The van der Waals surface area contributed by atoms with E-state index in [1.54, 1.807) is 11.1 Å². The Kier molecular flexibility index (Phi) is 2.98. The Balaban J connectivity index is 2.30. The molecular weight excluding hydrogens is 196 g/mol. The van der Waals surface area contributed by atoms with Crippen LogP contribution in [0.15, 0.2) is 11.1 Å². The Labute approximate surface area is 99.3 Å². The zero-order valence-corrected chi connectivity index (χ0v) is 10.9. The molecule has 1 nitrogen and oxygen atoms in total. The molecule has 0 amide bonds. The van der Waals surface area contributed by atoms with Gasteiger partial charge in [0.2, 0.25) is 0 Å². The van der Waals surface area contributed by atoms with Crippen LogP contribution in [-0.2, 0) is 4.79 Å². The van der Waals surface area contributed by atoms with Crippen LogP contribution in [0.3, 0.4) is 0 Å². The molecule has 1 heteroatoms. The van der Waals surface area contributed by atoms with Crippen molar-refractivity contribution in [2.75, 3.05) is 0 Å². The van der Waals surface area contributed by atoms with Gasteiger partial charge >= 0.3 is 0 Å². The van der Waals surface area contributed by atoms with E-state index in [0.717, 1.165) is 25.7 Å². The van der Waals surface area contributed by atoms with Crippen LogP contribution in [0.2, 0.25) is 0 Å². The smallest absolute Gasteiger partial charge is 0.126 e. The van der Waals surface area contributed by atoms with Gasteiger partial charge in [-0.2, -0.15) is 0 Å². The molecule has 0 heterocycles. The van der Waals surface area contributed by atoms with Crippen molar-refractivity contribution in [1.82, 2.24) is 0 Å². The summed E-state index contributed by atoms with van der Waals surface area (Å²) in [6, 6.07) is 0. The molecule has 0 fully saturated rings. The minimum absolute atomic E-state index is 0.0216. The van der Waals surface area contributed by atoms with E-state index < -0.39 is 0 Å².